The molecule has 2 heterocycles. The number of hydrogen-bond acceptors (Lipinski definition) is 6. The Bertz CT molecular complexity index is 1060. The standard InChI is InChI=1S/C23H25N5O3/c1-30-21-10-7-17(12-22(21)31-2)19-4-3-11-28(27-19)14-16-5-8-18(9-6-16)26-23(29)20-13-24-15-25-20/h5-10,12-13,15H,3-4,11,14H2,1-2H3,(H,24,25)(H,26,29). The zero-order valence-electron chi connectivity index (χ0n) is 17.6. The van der Waals surface area contributed by atoms with E-state index in [9.17, 15) is 4.79 Å². The van der Waals surface area contributed by atoms with Crippen LogP contribution in [0.4, 0.5) is 5.69 Å². The van der Waals surface area contributed by atoms with E-state index in [1.165, 1.54) is 12.5 Å². The number of nitrogens with one attached hydrogen (secondary N) is 2. The lowest BCUT2D eigenvalue weighted by molar-refractivity contribution is 0.102. The molecule has 4 rings (SSSR count). The summed E-state index contributed by atoms with van der Waals surface area (Å²) in [6, 6.07) is 13.7. The highest BCUT2D eigenvalue weighted by Gasteiger charge is 2.16. The van der Waals surface area contributed by atoms with Crippen LogP contribution in [-0.2, 0) is 6.54 Å². The zero-order valence-corrected chi connectivity index (χ0v) is 17.6. The van der Waals surface area contributed by atoms with Gasteiger partial charge in [0.2, 0.25) is 0 Å². The smallest absolute Gasteiger partial charge is 0.273 e. The number of anilines is 1. The van der Waals surface area contributed by atoms with Crippen LogP contribution in [-0.4, -0.2) is 47.4 Å². The van der Waals surface area contributed by atoms with Crippen molar-refractivity contribution in [2.75, 3.05) is 26.1 Å². The lowest BCUT2D eigenvalue weighted by Crippen LogP contribution is -2.26. The van der Waals surface area contributed by atoms with Gasteiger partial charge in [0, 0.05) is 17.8 Å². The number of methoxy groups -OCH3 is 2. The lowest BCUT2D eigenvalue weighted by Gasteiger charge is -2.26. The van der Waals surface area contributed by atoms with Crippen LogP contribution in [0, 0.1) is 0 Å². The molecule has 2 aromatic carbocycles. The quantitative estimate of drug-likeness (QED) is 0.610. The topological polar surface area (TPSA) is 91.8 Å². The summed E-state index contributed by atoms with van der Waals surface area (Å²) >= 11 is 0. The molecular weight excluding hydrogens is 394 g/mol. The molecule has 160 valence electrons. The van der Waals surface area contributed by atoms with E-state index in [2.05, 4.69) is 20.3 Å². The number of hydrogen-bond donors (Lipinski definition) is 2. The van der Waals surface area contributed by atoms with Crippen molar-refractivity contribution in [3.63, 3.8) is 0 Å². The van der Waals surface area contributed by atoms with Gasteiger partial charge in [-0.05, 0) is 48.7 Å². The molecule has 8 nitrogen and oxygen atoms in total. The van der Waals surface area contributed by atoms with Gasteiger partial charge in [0.05, 0.1) is 39.0 Å². The third-order valence-corrected chi connectivity index (χ3v) is 5.13. The van der Waals surface area contributed by atoms with E-state index in [1.807, 2.05) is 42.5 Å². The first-order chi connectivity index (χ1) is 15.2. The minimum atomic E-state index is -0.217. The normalized spacial score (nSPS) is 13.5. The van der Waals surface area contributed by atoms with E-state index in [0.29, 0.717) is 23.7 Å². The second-order valence-electron chi connectivity index (χ2n) is 7.22. The van der Waals surface area contributed by atoms with Gasteiger partial charge in [-0.15, -0.1) is 0 Å². The van der Waals surface area contributed by atoms with Crippen LogP contribution in [0.25, 0.3) is 0 Å². The number of aromatic amines is 1. The predicted molar refractivity (Wildman–Crippen MR) is 119 cm³/mol. The predicted octanol–water partition coefficient (Wildman–Crippen LogP) is 3.68. The first kappa shape index (κ1) is 20.5. The number of amides is 1. The number of benzene rings is 2. The molecule has 0 saturated heterocycles. The van der Waals surface area contributed by atoms with Crippen molar-refractivity contribution < 1.29 is 14.3 Å². The summed E-state index contributed by atoms with van der Waals surface area (Å²) in [4.78, 5) is 18.8. The van der Waals surface area contributed by atoms with E-state index in [-0.39, 0.29) is 5.91 Å². The second-order valence-corrected chi connectivity index (χ2v) is 7.22. The number of aromatic nitrogens is 2. The largest absolute Gasteiger partial charge is 0.493 e. The van der Waals surface area contributed by atoms with Gasteiger partial charge in [0.1, 0.15) is 5.69 Å². The van der Waals surface area contributed by atoms with E-state index < -0.39 is 0 Å². The number of carbonyl (C=O) groups is 1. The number of hydrazone groups is 1. The van der Waals surface area contributed by atoms with Crippen molar-refractivity contribution in [3.8, 4) is 11.5 Å². The minimum Gasteiger partial charge on any atom is -0.493 e. The maximum absolute atomic E-state index is 12.1. The van der Waals surface area contributed by atoms with Gasteiger partial charge in [-0.25, -0.2) is 4.98 Å². The molecule has 0 aliphatic carbocycles. The van der Waals surface area contributed by atoms with Gasteiger partial charge in [0.15, 0.2) is 11.5 Å². The number of H-pyrrole nitrogens is 1. The van der Waals surface area contributed by atoms with Crippen molar-refractivity contribution in [3.05, 3.63) is 71.8 Å². The number of rotatable bonds is 7. The average molecular weight is 419 g/mol. The van der Waals surface area contributed by atoms with Crippen LogP contribution in [0.15, 0.2) is 60.1 Å². The Hall–Kier alpha value is -3.81. The zero-order chi connectivity index (χ0) is 21.6. The van der Waals surface area contributed by atoms with E-state index >= 15 is 0 Å². The Balaban J connectivity index is 1.42. The van der Waals surface area contributed by atoms with Crippen molar-refractivity contribution in [1.82, 2.24) is 15.0 Å². The summed E-state index contributed by atoms with van der Waals surface area (Å²) in [5, 5.41) is 9.78. The third-order valence-electron chi connectivity index (χ3n) is 5.13. The highest BCUT2D eigenvalue weighted by Crippen LogP contribution is 2.29. The van der Waals surface area contributed by atoms with Gasteiger partial charge >= 0.3 is 0 Å². The molecule has 1 amide bonds. The Morgan fingerprint density at radius 1 is 1.13 bits per heavy atom. The molecule has 31 heavy (non-hydrogen) atoms. The Morgan fingerprint density at radius 3 is 2.65 bits per heavy atom. The van der Waals surface area contributed by atoms with Crippen molar-refractivity contribution >= 4 is 17.3 Å². The molecule has 1 aromatic heterocycles. The summed E-state index contributed by atoms with van der Waals surface area (Å²) in [5.41, 5.74) is 4.36. The molecule has 0 spiro atoms. The summed E-state index contributed by atoms with van der Waals surface area (Å²) in [6.07, 6.45) is 4.93. The minimum absolute atomic E-state index is 0.217. The van der Waals surface area contributed by atoms with E-state index in [4.69, 9.17) is 14.6 Å². The number of imidazole rings is 1. The van der Waals surface area contributed by atoms with Crippen LogP contribution < -0.4 is 14.8 Å². The van der Waals surface area contributed by atoms with Gasteiger partial charge in [0.25, 0.3) is 5.91 Å². The fourth-order valence-corrected chi connectivity index (χ4v) is 3.51. The van der Waals surface area contributed by atoms with Crippen LogP contribution in [0.5, 0.6) is 11.5 Å². The Morgan fingerprint density at radius 2 is 1.94 bits per heavy atom. The molecule has 0 radical (unpaired) electrons. The number of carbonyl (C=O) groups excluding carboxylic acids is 1. The van der Waals surface area contributed by atoms with Crippen LogP contribution in [0.3, 0.4) is 0 Å². The molecule has 2 N–H and O–H groups in total. The molecule has 0 unspecified atom stereocenters. The van der Waals surface area contributed by atoms with Gasteiger partial charge in [-0.3, -0.25) is 9.80 Å². The summed E-state index contributed by atoms with van der Waals surface area (Å²) in [5.74, 6) is 1.19. The third kappa shape index (κ3) is 4.85. The van der Waals surface area contributed by atoms with Gasteiger partial charge < -0.3 is 19.8 Å². The van der Waals surface area contributed by atoms with Crippen molar-refractivity contribution in [2.45, 2.75) is 19.4 Å². The van der Waals surface area contributed by atoms with Gasteiger partial charge in [-0.1, -0.05) is 12.1 Å². The van der Waals surface area contributed by atoms with Crippen LogP contribution in [0.1, 0.15) is 34.5 Å². The highest BCUT2D eigenvalue weighted by atomic mass is 16.5. The SMILES string of the molecule is COc1ccc(C2=NN(Cc3ccc(NC(=O)c4cnc[nH]4)cc3)CCC2)cc1OC. The Kier molecular flexibility index (Phi) is 6.16. The molecule has 8 heteroatoms. The van der Waals surface area contributed by atoms with Crippen molar-refractivity contribution in [1.29, 1.82) is 0 Å². The maximum atomic E-state index is 12.1. The summed E-state index contributed by atoms with van der Waals surface area (Å²) < 4.78 is 10.8. The highest BCUT2D eigenvalue weighted by molar-refractivity contribution is 6.02. The second kappa shape index (κ2) is 9.34. The first-order valence-electron chi connectivity index (χ1n) is 10.1. The molecule has 0 bridgehead atoms. The molecule has 0 saturated carbocycles. The lowest BCUT2D eigenvalue weighted by atomic mass is 10.0. The molecule has 0 fully saturated rings. The molecule has 3 aromatic rings. The molecular formula is C23H25N5O3. The van der Waals surface area contributed by atoms with Crippen LogP contribution >= 0.6 is 0 Å². The van der Waals surface area contributed by atoms with E-state index in [0.717, 1.165) is 41.9 Å². The number of ether oxygens (including phenoxy) is 2. The fraction of sp³-hybridized carbons (Fsp3) is 0.261. The van der Waals surface area contributed by atoms with E-state index in [1.54, 1.807) is 14.2 Å². The van der Waals surface area contributed by atoms with Crippen LogP contribution in [0.2, 0.25) is 0 Å². The molecule has 1 aliphatic rings. The summed E-state index contributed by atoms with van der Waals surface area (Å²) in [6.45, 7) is 1.60. The first-order valence-corrected chi connectivity index (χ1v) is 10.1. The fourth-order valence-electron chi connectivity index (χ4n) is 3.51. The average Bonchev–Trinajstić information content (AvgIpc) is 3.35. The number of nitrogens with zero attached hydrogens (tertiary/aromatic N) is 3. The van der Waals surface area contributed by atoms with Gasteiger partial charge in [-0.2, -0.15) is 5.10 Å². The monoisotopic (exact) mass is 419 g/mol. The molecule has 1 aliphatic heterocycles. The summed E-state index contributed by atoms with van der Waals surface area (Å²) in [7, 11) is 3.27. The van der Waals surface area contributed by atoms with Crippen molar-refractivity contribution in [2.24, 2.45) is 5.10 Å². The maximum Gasteiger partial charge on any atom is 0.273 e. The molecule has 0 atom stereocenters. The Labute approximate surface area is 180 Å².